The molecule has 1 saturated heterocycles. The minimum atomic E-state index is -0.299. The number of hydrogen-bond acceptors (Lipinski definition) is 4. The second-order valence-corrected chi connectivity index (χ2v) is 9.22. The number of hydrogen-bond donors (Lipinski definition) is 2. The number of nitrogens with one attached hydrogen (secondary N) is 2. The number of pyridine rings is 1. The Morgan fingerprint density at radius 3 is 2.65 bits per heavy atom. The molecule has 0 spiro atoms. The molecule has 1 fully saturated rings. The first kappa shape index (κ1) is 24.3. The predicted octanol–water partition coefficient (Wildman–Crippen LogP) is 4.21. The number of H-pyrrole nitrogens is 1. The van der Waals surface area contributed by atoms with E-state index >= 15 is 0 Å². The summed E-state index contributed by atoms with van der Waals surface area (Å²) >= 11 is 5.72. The second-order valence-electron chi connectivity index (χ2n) is 8.83. The number of morpholine rings is 1. The van der Waals surface area contributed by atoms with E-state index < -0.39 is 0 Å². The van der Waals surface area contributed by atoms with Crippen LogP contribution in [-0.2, 0) is 11.3 Å². The van der Waals surface area contributed by atoms with Gasteiger partial charge < -0.3 is 19.9 Å². The molecule has 3 aromatic rings. The molecule has 2 heterocycles. The Balaban J connectivity index is 1.53. The van der Waals surface area contributed by atoms with Crippen LogP contribution in [0.25, 0.3) is 10.9 Å². The van der Waals surface area contributed by atoms with Gasteiger partial charge in [-0.25, -0.2) is 4.39 Å². The van der Waals surface area contributed by atoms with Gasteiger partial charge >= 0.3 is 0 Å². The number of nitrogens with zero attached hydrogens (tertiary/aromatic N) is 2. The highest BCUT2D eigenvalue weighted by Crippen LogP contribution is 2.19. The molecule has 0 saturated carbocycles. The molecule has 1 aromatic heterocycles. The largest absolute Gasteiger partial charge is 0.379 e. The van der Waals surface area contributed by atoms with Crippen molar-refractivity contribution in [2.75, 3.05) is 44.7 Å². The first-order valence-corrected chi connectivity index (χ1v) is 12.0. The number of aromatic amines is 1. The Morgan fingerprint density at radius 2 is 1.91 bits per heavy atom. The lowest BCUT2D eigenvalue weighted by atomic mass is 10.0. The van der Waals surface area contributed by atoms with Crippen LogP contribution in [0.1, 0.15) is 23.1 Å². The second kappa shape index (κ2) is 11.1. The smallest absolute Gasteiger partial charge is 0.253 e. The molecule has 4 rings (SSSR count). The SMILES string of the molecule is Cc1cc(C)c2cc(CN(CCCN3CCOCC3)C(=S)Nc3ccc(F)cc3)c(=O)[nH]c2c1. The molecule has 0 unspecified atom stereocenters. The van der Waals surface area contributed by atoms with Gasteiger partial charge in [-0.15, -0.1) is 0 Å². The average Bonchev–Trinajstić information content (AvgIpc) is 2.81. The number of fused-ring (bicyclic) bond motifs is 1. The molecule has 2 aromatic carbocycles. The summed E-state index contributed by atoms with van der Waals surface area (Å²) in [7, 11) is 0. The van der Waals surface area contributed by atoms with E-state index in [0.717, 1.165) is 61.3 Å². The van der Waals surface area contributed by atoms with Crippen LogP contribution in [0.5, 0.6) is 0 Å². The summed E-state index contributed by atoms with van der Waals surface area (Å²) in [5, 5.41) is 4.74. The zero-order valence-electron chi connectivity index (χ0n) is 19.7. The Labute approximate surface area is 204 Å². The Bertz CT molecular complexity index is 1210. The van der Waals surface area contributed by atoms with Crippen molar-refractivity contribution in [1.29, 1.82) is 0 Å². The maximum atomic E-state index is 13.3. The van der Waals surface area contributed by atoms with E-state index in [9.17, 15) is 9.18 Å². The van der Waals surface area contributed by atoms with Gasteiger partial charge in [0.15, 0.2) is 5.11 Å². The molecule has 0 atom stereocenters. The third kappa shape index (κ3) is 6.20. The van der Waals surface area contributed by atoms with Crippen LogP contribution in [0.2, 0.25) is 0 Å². The van der Waals surface area contributed by atoms with Gasteiger partial charge in [-0.3, -0.25) is 9.69 Å². The van der Waals surface area contributed by atoms with Crippen LogP contribution in [0, 0.1) is 19.7 Å². The van der Waals surface area contributed by atoms with Crippen LogP contribution in [0.3, 0.4) is 0 Å². The summed E-state index contributed by atoms with van der Waals surface area (Å²) in [6.07, 6.45) is 0.898. The number of benzene rings is 2. The van der Waals surface area contributed by atoms with Crippen LogP contribution in [0.4, 0.5) is 10.1 Å². The quantitative estimate of drug-likeness (QED) is 0.492. The minimum Gasteiger partial charge on any atom is -0.379 e. The van der Waals surface area contributed by atoms with Crippen LogP contribution in [-0.4, -0.2) is 59.3 Å². The lowest BCUT2D eigenvalue weighted by Crippen LogP contribution is -2.40. The highest BCUT2D eigenvalue weighted by molar-refractivity contribution is 7.80. The average molecular weight is 483 g/mol. The maximum Gasteiger partial charge on any atom is 0.253 e. The first-order chi connectivity index (χ1) is 16.4. The van der Waals surface area contributed by atoms with Crippen LogP contribution < -0.4 is 10.9 Å². The van der Waals surface area contributed by atoms with Gasteiger partial charge in [0, 0.05) is 48.3 Å². The molecule has 2 N–H and O–H groups in total. The van der Waals surface area contributed by atoms with Crippen molar-refractivity contribution in [1.82, 2.24) is 14.8 Å². The maximum absolute atomic E-state index is 13.3. The molecule has 34 heavy (non-hydrogen) atoms. The van der Waals surface area contributed by atoms with Gasteiger partial charge in [0.25, 0.3) is 5.56 Å². The standard InChI is InChI=1S/C26H31FN4O2S/c1-18-14-19(2)23-16-20(25(32)29-24(23)15-18)17-31(9-3-8-30-10-12-33-13-11-30)26(34)28-22-6-4-21(27)5-7-22/h4-7,14-16H,3,8-13,17H2,1-2H3,(H,28,34)(H,29,32). The molecule has 0 aliphatic carbocycles. The van der Waals surface area contributed by atoms with Crippen molar-refractivity contribution in [3.63, 3.8) is 0 Å². The number of anilines is 1. The van der Waals surface area contributed by atoms with Gasteiger partial charge in [0.1, 0.15) is 5.82 Å². The van der Waals surface area contributed by atoms with Gasteiger partial charge in [-0.1, -0.05) is 6.07 Å². The van der Waals surface area contributed by atoms with E-state index in [4.69, 9.17) is 17.0 Å². The fraction of sp³-hybridized carbons (Fsp3) is 0.385. The summed E-state index contributed by atoms with van der Waals surface area (Å²) in [5.41, 5.74) is 4.34. The third-order valence-corrected chi connectivity index (χ3v) is 6.50. The van der Waals surface area contributed by atoms with E-state index in [1.165, 1.54) is 12.1 Å². The van der Waals surface area contributed by atoms with E-state index in [2.05, 4.69) is 28.2 Å². The van der Waals surface area contributed by atoms with E-state index in [0.29, 0.717) is 29.5 Å². The summed E-state index contributed by atoms with van der Waals surface area (Å²) < 4.78 is 18.8. The van der Waals surface area contributed by atoms with E-state index in [1.54, 1.807) is 12.1 Å². The molecule has 0 radical (unpaired) electrons. The third-order valence-electron chi connectivity index (χ3n) is 6.14. The van der Waals surface area contributed by atoms with Gasteiger partial charge in [0.05, 0.1) is 19.8 Å². The summed E-state index contributed by atoms with van der Waals surface area (Å²) in [5.74, 6) is -0.299. The fourth-order valence-electron chi connectivity index (χ4n) is 4.34. The van der Waals surface area contributed by atoms with Crippen molar-refractivity contribution in [2.45, 2.75) is 26.8 Å². The van der Waals surface area contributed by atoms with Crippen molar-refractivity contribution >= 4 is 33.9 Å². The highest BCUT2D eigenvalue weighted by atomic mass is 32.1. The lowest BCUT2D eigenvalue weighted by molar-refractivity contribution is 0.0367. The van der Waals surface area contributed by atoms with Gasteiger partial charge in [-0.2, -0.15) is 0 Å². The summed E-state index contributed by atoms with van der Waals surface area (Å²) in [6.45, 7) is 9.48. The van der Waals surface area contributed by atoms with Crippen molar-refractivity contribution < 1.29 is 9.13 Å². The molecule has 1 aliphatic rings. The van der Waals surface area contributed by atoms with Crippen molar-refractivity contribution in [3.05, 3.63) is 75.3 Å². The zero-order valence-corrected chi connectivity index (χ0v) is 20.5. The molecule has 1 aliphatic heterocycles. The summed E-state index contributed by atoms with van der Waals surface area (Å²) in [6, 6.07) is 12.2. The number of thiocarbonyl (C=S) groups is 1. The highest BCUT2D eigenvalue weighted by Gasteiger charge is 2.16. The molecule has 6 nitrogen and oxygen atoms in total. The van der Waals surface area contributed by atoms with Crippen LogP contribution >= 0.6 is 12.2 Å². The molecule has 0 amide bonds. The van der Waals surface area contributed by atoms with E-state index in [-0.39, 0.29) is 11.4 Å². The Morgan fingerprint density at radius 1 is 1.18 bits per heavy atom. The lowest BCUT2D eigenvalue weighted by Gasteiger charge is -2.29. The Hall–Kier alpha value is -2.81. The fourth-order valence-corrected chi connectivity index (χ4v) is 4.61. The monoisotopic (exact) mass is 482 g/mol. The number of ether oxygens (including phenoxy) is 1. The molecule has 8 heteroatoms. The van der Waals surface area contributed by atoms with Crippen molar-refractivity contribution in [2.24, 2.45) is 0 Å². The minimum absolute atomic E-state index is 0.111. The predicted molar refractivity (Wildman–Crippen MR) is 139 cm³/mol. The number of aryl methyl sites for hydroxylation is 2. The van der Waals surface area contributed by atoms with Crippen molar-refractivity contribution in [3.8, 4) is 0 Å². The Kier molecular flexibility index (Phi) is 7.92. The van der Waals surface area contributed by atoms with Gasteiger partial charge in [-0.05, 0) is 80.0 Å². The number of aromatic nitrogens is 1. The molecular formula is C26H31FN4O2S. The van der Waals surface area contributed by atoms with E-state index in [1.807, 2.05) is 24.0 Å². The molecular weight excluding hydrogens is 451 g/mol. The zero-order chi connectivity index (χ0) is 24.1. The normalized spacial score (nSPS) is 14.3. The topological polar surface area (TPSA) is 60.6 Å². The molecule has 180 valence electrons. The molecule has 0 bridgehead atoms. The summed E-state index contributed by atoms with van der Waals surface area (Å²) in [4.78, 5) is 20.4. The number of halogens is 1. The van der Waals surface area contributed by atoms with Gasteiger partial charge in [0.2, 0.25) is 0 Å². The van der Waals surface area contributed by atoms with Crippen LogP contribution in [0.15, 0.2) is 47.3 Å². The first-order valence-electron chi connectivity index (χ1n) is 11.6. The number of rotatable bonds is 7.